The van der Waals surface area contributed by atoms with E-state index in [1.165, 1.54) is 6.04 Å². The van der Waals surface area contributed by atoms with E-state index in [0.29, 0.717) is 16.6 Å². The molecular formula is C23H53NO3Si3. The summed E-state index contributed by atoms with van der Waals surface area (Å²) in [5, 5.41) is 0. The lowest BCUT2D eigenvalue weighted by molar-refractivity contribution is -0.140. The van der Waals surface area contributed by atoms with Gasteiger partial charge in [0, 0.05) is 13.2 Å². The smallest absolute Gasteiger partial charge is 0.296 e. The van der Waals surface area contributed by atoms with Gasteiger partial charge >= 0.3 is 0 Å². The molecule has 0 spiro atoms. The predicted molar refractivity (Wildman–Crippen MR) is 140 cm³/mol. The monoisotopic (exact) mass is 475 g/mol. The van der Waals surface area contributed by atoms with Crippen LogP contribution in [0.15, 0.2) is 0 Å². The van der Waals surface area contributed by atoms with Gasteiger partial charge in [0.25, 0.3) is 14.3 Å². The lowest BCUT2D eigenvalue weighted by Crippen LogP contribution is -2.53. The molecule has 0 aliphatic rings. The van der Waals surface area contributed by atoms with E-state index in [1.54, 1.807) is 0 Å². The fraction of sp³-hybridized carbons (Fsp3) is 0.957. The Morgan fingerprint density at radius 3 is 1.70 bits per heavy atom. The van der Waals surface area contributed by atoms with Crippen LogP contribution >= 0.6 is 0 Å². The molecule has 0 aromatic rings. The van der Waals surface area contributed by atoms with Crippen LogP contribution in [0.2, 0.25) is 55.4 Å². The quantitative estimate of drug-likeness (QED) is 0.251. The minimum Gasteiger partial charge on any atom is -0.518 e. The Balaban J connectivity index is 5.23. The van der Waals surface area contributed by atoms with Crippen LogP contribution in [0.3, 0.4) is 0 Å². The molecule has 7 heteroatoms. The van der Waals surface area contributed by atoms with Gasteiger partial charge in [-0.15, -0.1) is 0 Å². The average Bonchev–Trinajstić information content (AvgIpc) is 2.56. The molecule has 0 saturated carbocycles. The van der Waals surface area contributed by atoms with Crippen molar-refractivity contribution in [1.29, 1.82) is 0 Å². The molecule has 1 unspecified atom stereocenters. The van der Waals surface area contributed by atoms with E-state index in [-0.39, 0.29) is 11.9 Å². The molecule has 0 radical (unpaired) electrons. The summed E-state index contributed by atoms with van der Waals surface area (Å²) in [6.07, 6.45) is 1.15. The normalized spacial score (nSPS) is 14.8. The number of rotatable bonds is 14. The molecule has 0 bridgehead atoms. The Kier molecular flexibility index (Phi) is 12.3. The van der Waals surface area contributed by atoms with E-state index in [4.69, 9.17) is 8.85 Å². The Hall–Kier alpha value is 0.0406. The molecule has 180 valence electrons. The largest absolute Gasteiger partial charge is 0.518 e. The Bertz CT molecular complexity index is 495. The molecule has 0 aromatic carbocycles. The van der Waals surface area contributed by atoms with Gasteiger partial charge < -0.3 is 13.4 Å². The van der Waals surface area contributed by atoms with Crippen molar-refractivity contribution in [2.24, 2.45) is 5.92 Å². The van der Waals surface area contributed by atoms with Crippen LogP contribution < -0.4 is 0 Å². The molecule has 0 heterocycles. The zero-order valence-corrected chi connectivity index (χ0v) is 25.5. The average molecular weight is 476 g/mol. The lowest BCUT2D eigenvalue weighted by Gasteiger charge is -2.42. The van der Waals surface area contributed by atoms with Crippen molar-refractivity contribution in [1.82, 2.24) is 4.57 Å². The van der Waals surface area contributed by atoms with Crippen molar-refractivity contribution >= 4 is 30.8 Å². The Morgan fingerprint density at radius 1 is 0.867 bits per heavy atom. The van der Waals surface area contributed by atoms with Crippen LogP contribution in [0.25, 0.3) is 0 Å². The first-order valence-electron chi connectivity index (χ1n) is 12.1. The van der Waals surface area contributed by atoms with Crippen molar-refractivity contribution in [2.45, 2.75) is 117 Å². The van der Waals surface area contributed by atoms with Crippen LogP contribution in [0.5, 0.6) is 0 Å². The van der Waals surface area contributed by atoms with Crippen molar-refractivity contribution in [3.8, 4) is 0 Å². The van der Waals surface area contributed by atoms with E-state index in [9.17, 15) is 4.79 Å². The van der Waals surface area contributed by atoms with Gasteiger partial charge in [0.2, 0.25) is 0 Å². The summed E-state index contributed by atoms with van der Waals surface area (Å²) in [7, 11) is -5.26. The molecule has 0 rings (SSSR count). The molecule has 0 saturated heterocycles. The number of hydrogen-bond donors (Lipinski definition) is 0. The zero-order chi connectivity index (χ0) is 23.9. The van der Waals surface area contributed by atoms with Crippen molar-refractivity contribution < 1.29 is 13.6 Å². The second-order valence-electron chi connectivity index (χ2n) is 11.6. The molecule has 1 atom stereocenters. The molecule has 0 amide bonds. The Labute approximate surface area is 191 Å². The van der Waals surface area contributed by atoms with Crippen LogP contribution in [0.1, 0.15) is 61.8 Å². The number of carbonyl (C=O) groups excluding carboxylic acids is 1. The van der Waals surface area contributed by atoms with Gasteiger partial charge in [-0.05, 0) is 55.7 Å². The molecule has 0 fully saturated rings. The predicted octanol–water partition coefficient (Wildman–Crippen LogP) is 7.11. The topological polar surface area (TPSA) is 38.8 Å². The summed E-state index contributed by atoms with van der Waals surface area (Å²) in [5.41, 5.74) is 1.27. The highest BCUT2D eigenvalue weighted by molar-refractivity contribution is 6.79. The summed E-state index contributed by atoms with van der Waals surface area (Å²) in [6, 6.07) is 1.17. The highest BCUT2D eigenvalue weighted by atomic mass is 28.4. The first kappa shape index (κ1) is 30.0. The van der Waals surface area contributed by atoms with Crippen LogP contribution in [0.4, 0.5) is 0 Å². The number of hydrogen-bond acceptors (Lipinski definition) is 4. The van der Waals surface area contributed by atoms with Gasteiger partial charge in [-0.1, -0.05) is 68.1 Å². The SMILES string of the molecule is CCO[Si](C)(C)CCCN(CC(C)C(=O)O[Si](C(C)C)(C(C)C)C(C)C)[Si](C)(C)C. The lowest BCUT2D eigenvalue weighted by atomic mass is 10.2. The first-order valence-corrected chi connectivity index (χ1v) is 20.8. The molecule has 0 aliphatic heterocycles. The second-order valence-corrected chi connectivity index (χ2v) is 26.2. The summed E-state index contributed by atoms with van der Waals surface area (Å²) in [5.74, 6) is -0.0676. The third kappa shape index (κ3) is 8.88. The Morgan fingerprint density at radius 2 is 1.33 bits per heavy atom. The molecule has 0 N–H and O–H groups in total. The van der Waals surface area contributed by atoms with Crippen LogP contribution in [-0.4, -0.2) is 55.1 Å². The van der Waals surface area contributed by atoms with Crippen LogP contribution in [0, 0.1) is 5.92 Å². The van der Waals surface area contributed by atoms with Gasteiger partial charge in [-0.3, -0.25) is 4.79 Å². The maximum absolute atomic E-state index is 13.2. The van der Waals surface area contributed by atoms with Crippen molar-refractivity contribution in [3.05, 3.63) is 0 Å². The van der Waals surface area contributed by atoms with Gasteiger partial charge in [0.05, 0.1) is 5.92 Å². The molecule has 0 aromatic heterocycles. The van der Waals surface area contributed by atoms with E-state index in [0.717, 1.165) is 26.1 Å². The standard InChI is InChI=1S/C23H53NO3Si3/c1-14-26-29(12,13)17-15-16-24(28(9,10)11)18-22(8)23(25)27-30(19(2)3,20(4)5)21(6)7/h19-22H,14-18H2,1-13H3. The van der Waals surface area contributed by atoms with Gasteiger partial charge in [0.1, 0.15) is 8.24 Å². The molecular weight excluding hydrogens is 423 g/mol. The van der Waals surface area contributed by atoms with E-state index < -0.39 is 24.9 Å². The number of carbonyl (C=O) groups is 1. The van der Waals surface area contributed by atoms with Gasteiger partial charge in [-0.25, -0.2) is 0 Å². The minimum atomic E-state index is -2.18. The minimum absolute atomic E-state index is 0.0186. The molecule has 0 aliphatic carbocycles. The summed E-state index contributed by atoms with van der Waals surface area (Å²) in [4.78, 5) is 13.2. The van der Waals surface area contributed by atoms with Crippen molar-refractivity contribution in [2.75, 3.05) is 19.7 Å². The van der Waals surface area contributed by atoms with E-state index >= 15 is 0 Å². The van der Waals surface area contributed by atoms with Gasteiger partial charge in [0.15, 0.2) is 8.32 Å². The van der Waals surface area contributed by atoms with Gasteiger partial charge in [-0.2, -0.15) is 0 Å². The highest BCUT2D eigenvalue weighted by Crippen LogP contribution is 2.42. The summed E-state index contributed by atoms with van der Waals surface area (Å²) >= 11 is 0. The third-order valence-corrected chi connectivity index (χ3v) is 17.5. The van der Waals surface area contributed by atoms with Crippen molar-refractivity contribution in [3.63, 3.8) is 0 Å². The van der Waals surface area contributed by atoms with Crippen LogP contribution in [-0.2, 0) is 13.6 Å². The highest BCUT2D eigenvalue weighted by Gasteiger charge is 2.48. The molecule has 30 heavy (non-hydrogen) atoms. The fourth-order valence-electron chi connectivity index (χ4n) is 4.89. The summed E-state index contributed by atoms with van der Waals surface area (Å²) in [6.45, 7) is 32.0. The second kappa shape index (κ2) is 12.3. The summed E-state index contributed by atoms with van der Waals surface area (Å²) < 4.78 is 15.1. The third-order valence-electron chi connectivity index (χ3n) is 6.57. The van der Waals surface area contributed by atoms with E-state index in [2.05, 4.69) is 92.7 Å². The molecule has 4 nitrogen and oxygen atoms in total. The fourth-order valence-corrected chi connectivity index (χ4v) is 13.7. The zero-order valence-electron chi connectivity index (χ0n) is 22.5. The van der Waals surface area contributed by atoms with E-state index in [1.807, 2.05) is 0 Å². The maximum Gasteiger partial charge on any atom is 0.296 e. The number of nitrogens with zero attached hydrogens (tertiary/aromatic N) is 1. The maximum atomic E-state index is 13.2. The first-order chi connectivity index (χ1) is 13.5.